The SMILES string of the molecule is Nc1c(F)ccc(S(=O)(=O)NC2CCCSC2)c1F. The number of benzene rings is 1. The summed E-state index contributed by atoms with van der Waals surface area (Å²) in [5.74, 6) is -0.561. The van der Waals surface area contributed by atoms with Crippen molar-refractivity contribution in [1.82, 2.24) is 4.72 Å². The van der Waals surface area contributed by atoms with E-state index in [4.69, 9.17) is 5.73 Å². The van der Waals surface area contributed by atoms with Crippen molar-refractivity contribution in [3.05, 3.63) is 23.8 Å². The summed E-state index contributed by atoms with van der Waals surface area (Å²) in [7, 11) is -4.01. The fourth-order valence-electron chi connectivity index (χ4n) is 1.87. The molecule has 0 bridgehead atoms. The van der Waals surface area contributed by atoms with Crippen LogP contribution in [0.25, 0.3) is 0 Å². The number of nitrogen functional groups attached to an aromatic ring is 1. The minimum atomic E-state index is -4.01. The predicted molar refractivity (Wildman–Crippen MR) is 71.4 cm³/mol. The van der Waals surface area contributed by atoms with E-state index in [2.05, 4.69) is 4.72 Å². The molecule has 3 N–H and O–H groups in total. The van der Waals surface area contributed by atoms with Crippen LogP contribution in [-0.2, 0) is 10.0 Å². The van der Waals surface area contributed by atoms with Gasteiger partial charge in [-0.3, -0.25) is 0 Å². The van der Waals surface area contributed by atoms with Crippen molar-refractivity contribution >= 4 is 27.5 Å². The second kappa shape index (κ2) is 5.64. The summed E-state index contributed by atoms with van der Waals surface area (Å²) in [6, 6.07) is 1.51. The third-order valence-corrected chi connectivity index (χ3v) is 5.62. The maximum absolute atomic E-state index is 13.7. The zero-order chi connectivity index (χ0) is 14.0. The Morgan fingerprint density at radius 3 is 2.74 bits per heavy atom. The molecule has 0 spiro atoms. The molecule has 1 aliphatic heterocycles. The summed E-state index contributed by atoms with van der Waals surface area (Å²) in [5, 5.41) is 0. The van der Waals surface area contributed by atoms with Gasteiger partial charge in [-0.05, 0) is 30.7 Å². The first-order valence-corrected chi connectivity index (χ1v) is 8.39. The molecule has 4 nitrogen and oxygen atoms in total. The van der Waals surface area contributed by atoms with E-state index in [1.165, 1.54) is 0 Å². The number of nitrogens with one attached hydrogen (secondary N) is 1. The Bertz CT molecular complexity index is 572. The average molecular weight is 308 g/mol. The molecule has 1 heterocycles. The minimum Gasteiger partial charge on any atom is -0.394 e. The Morgan fingerprint density at radius 2 is 2.11 bits per heavy atom. The Kier molecular flexibility index (Phi) is 4.32. The summed E-state index contributed by atoms with van der Waals surface area (Å²) in [5.41, 5.74) is 4.39. The molecule has 1 unspecified atom stereocenters. The van der Waals surface area contributed by atoms with Crippen molar-refractivity contribution in [2.75, 3.05) is 17.2 Å². The summed E-state index contributed by atoms with van der Waals surface area (Å²) < 4.78 is 53.3. The van der Waals surface area contributed by atoms with Gasteiger partial charge in [0.1, 0.15) is 16.4 Å². The van der Waals surface area contributed by atoms with Gasteiger partial charge < -0.3 is 5.73 Å². The molecule has 1 aromatic carbocycles. The highest BCUT2D eigenvalue weighted by Gasteiger charge is 2.26. The van der Waals surface area contributed by atoms with Crippen molar-refractivity contribution in [2.45, 2.75) is 23.8 Å². The van der Waals surface area contributed by atoms with Crippen LogP contribution in [0.3, 0.4) is 0 Å². The standard InChI is InChI=1S/C11H14F2N2O2S2/c12-8-3-4-9(10(13)11(8)14)19(16,17)15-7-2-1-5-18-6-7/h3-4,7,15H,1-2,5-6,14H2. The smallest absolute Gasteiger partial charge is 0.243 e. The molecular weight excluding hydrogens is 294 g/mol. The largest absolute Gasteiger partial charge is 0.394 e. The number of rotatable bonds is 3. The highest BCUT2D eigenvalue weighted by atomic mass is 32.2. The zero-order valence-corrected chi connectivity index (χ0v) is 11.7. The Hall–Kier alpha value is -0.860. The van der Waals surface area contributed by atoms with Crippen LogP contribution >= 0.6 is 11.8 Å². The molecule has 0 amide bonds. The number of sulfonamides is 1. The first-order valence-electron chi connectivity index (χ1n) is 5.75. The van der Waals surface area contributed by atoms with Gasteiger partial charge >= 0.3 is 0 Å². The highest BCUT2D eigenvalue weighted by Crippen LogP contribution is 2.24. The van der Waals surface area contributed by atoms with Crippen LogP contribution in [-0.4, -0.2) is 26.0 Å². The zero-order valence-electron chi connectivity index (χ0n) is 10.0. The summed E-state index contributed by atoms with van der Waals surface area (Å²) >= 11 is 1.64. The number of hydrogen-bond donors (Lipinski definition) is 2. The van der Waals surface area contributed by atoms with E-state index in [1.807, 2.05) is 0 Å². The molecule has 19 heavy (non-hydrogen) atoms. The average Bonchev–Trinajstić information content (AvgIpc) is 2.36. The third kappa shape index (κ3) is 3.18. The van der Waals surface area contributed by atoms with Crippen molar-refractivity contribution in [1.29, 1.82) is 0 Å². The summed E-state index contributed by atoms with van der Waals surface area (Å²) in [4.78, 5) is -0.609. The van der Waals surface area contributed by atoms with E-state index in [1.54, 1.807) is 11.8 Å². The lowest BCUT2D eigenvalue weighted by Crippen LogP contribution is -2.38. The number of halogens is 2. The minimum absolute atomic E-state index is 0.227. The van der Waals surface area contributed by atoms with Gasteiger partial charge in [0.2, 0.25) is 10.0 Å². The molecule has 8 heteroatoms. The number of anilines is 1. The van der Waals surface area contributed by atoms with E-state index in [-0.39, 0.29) is 6.04 Å². The fourth-order valence-corrected chi connectivity index (χ4v) is 4.41. The Morgan fingerprint density at radius 1 is 1.37 bits per heavy atom. The molecular formula is C11H14F2N2O2S2. The maximum Gasteiger partial charge on any atom is 0.243 e. The Balaban J connectivity index is 2.26. The predicted octanol–water partition coefficient (Wildman–Crippen LogP) is 1.72. The van der Waals surface area contributed by atoms with Crippen molar-refractivity contribution < 1.29 is 17.2 Å². The van der Waals surface area contributed by atoms with E-state index in [0.29, 0.717) is 12.2 Å². The van der Waals surface area contributed by atoms with Crippen LogP contribution in [0.2, 0.25) is 0 Å². The number of hydrogen-bond acceptors (Lipinski definition) is 4. The molecule has 0 aromatic heterocycles. The van der Waals surface area contributed by atoms with Crippen LogP contribution in [0.5, 0.6) is 0 Å². The van der Waals surface area contributed by atoms with Crippen molar-refractivity contribution in [3.8, 4) is 0 Å². The monoisotopic (exact) mass is 308 g/mol. The molecule has 0 saturated carbocycles. The van der Waals surface area contributed by atoms with E-state index < -0.39 is 32.2 Å². The van der Waals surface area contributed by atoms with Gasteiger partial charge in [0.15, 0.2) is 5.82 Å². The molecule has 1 saturated heterocycles. The maximum atomic E-state index is 13.7. The van der Waals surface area contributed by atoms with Crippen LogP contribution in [0.15, 0.2) is 17.0 Å². The first-order chi connectivity index (χ1) is 8.92. The highest BCUT2D eigenvalue weighted by molar-refractivity contribution is 7.99. The molecule has 0 aliphatic carbocycles. The second-order valence-corrected chi connectivity index (χ2v) is 7.14. The molecule has 1 atom stereocenters. The quantitative estimate of drug-likeness (QED) is 0.834. The van der Waals surface area contributed by atoms with Crippen LogP contribution < -0.4 is 10.5 Å². The lowest BCUT2D eigenvalue weighted by atomic mass is 10.2. The molecule has 0 radical (unpaired) electrons. The van der Waals surface area contributed by atoms with Crippen LogP contribution in [0.4, 0.5) is 14.5 Å². The van der Waals surface area contributed by atoms with Crippen LogP contribution in [0, 0.1) is 11.6 Å². The van der Waals surface area contributed by atoms with E-state index in [0.717, 1.165) is 24.3 Å². The lowest BCUT2D eigenvalue weighted by molar-refractivity contribution is 0.527. The van der Waals surface area contributed by atoms with Crippen LogP contribution in [0.1, 0.15) is 12.8 Å². The van der Waals surface area contributed by atoms with E-state index >= 15 is 0 Å². The number of thioether (sulfide) groups is 1. The first kappa shape index (κ1) is 14.5. The normalized spacial score (nSPS) is 20.4. The van der Waals surface area contributed by atoms with Crippen molar-refractivity contribution in [3.63, 3.8) is 0 Å². The Labute approximate surface area is 114 Å². The van der Waals surface area contributed by atoms with Gasteiger partial charge in [0.25, 0.3) is 0 Å². The molecule has 1 aromatic rings. The summed E-state index contributed by atoms with van der Waals surface area (Å²) in [6.07, 6.45) is 1.62. The molecule has 2 rings (SSSR count). The van der Waals surface area contributed by atoms with Gasteiger partial charge in [-0.15, -0.1) is 0 Å². The topological polar surface area (TPSA) is 72.2 Å². The third-order valence-electron chi connectivity index (χ3n) is 2.86. The van der Waals surface area contributed by atoms with Gasteiger partial charge in [0, 0.05) is 11.8 Å². The van der Waals surface area contributed by atoms with Gasteiger partial charge in [-0.1, -0.05) is 0 Å². The van der Waals surface area contributed by atoms with Gasteiger partial charge in [0.05, 0.1) is 0 Å². The lowest BCUT2D eigenvalue weighted by Gasteiger charge is -2.22. The summed E-state index contributed by atoms with van der Waals surface area (Å²) in [6.45, 7) is 0. The second-order valence-electron chi connectivity index (χ2n) is 4.31. The molecule has 106 valence electrons. The van der Waals surface area contributed by atoms with Crippen molar-refractivity contribution in [2.24, 2.45) is 0 Å². The number of nitrogens with two attached hydrogens (primary N) is 1. The van der Waals surface area contributed by atoms with Gasteiger partial charge in [-0.2, -0.15) is 11.8 Å². The fraction of sp³-hybridized carbons (Fsp3) is 0.455. The molecule has 1 aliphatic rings. The van der Waals surface area contributed by atoms with E-state index in [9.17, 15) is 17.2 Å². The van der Waals surface area contributed by atoms with Gasteiger partial charge in [-0.25, -0.2) is 21.9 Å². The molecule has 1 fully saturated rings.